The Bertz CT molecular complexity index is 1030. The van der Waals surface area contributed by atoms with Gasteiger partial charge in [0.15, 0.2) is 0 Å². The zero-order valence-corrected chi connectivity index (χ0v) is 16.1. The maximum atomic E-state index is 15.0. The normalized spacial score (nSPS) is 17.5. The standard InChI is InChI=1S/C20H8Br2F4/c21-9-1-3-11-13-7-18-14(8-17(13)19(23,24)15(11)5-9)12-4-2-10(22)6-16(12)20(18,25)26/h1-8H. The summed E-state index contributed by atoms with van der Waals surface area (Å²) in [7, 11) is 0. The van der Waals surface area contributed by atoms with E-state index in [1.807, 2.05) is 0 Å². The van der Waals surface area contributed by atoms with Crippen LogP contribution in [0.2, 0.25) is 0 Å². The molecule has 6 heteroatoms. The van der Waals surface area contributed by atoms with Crippen molar-refractivity contribution in [3.63, 3.8) is 0 Å². The summed E-state index contributed by atoms with van der Waals surface area (Å²) in [4.78, 5) is 0. The highest BCUT2D eigenvalue weighted by molar-refractivity contribution is 9.10. The van der Waals surface area contributed by atoms with Gasteiger partial charge in [0.1, 0.15) is 0 Å². The molecule has 0 heterocycles. The third-order valence-corrected chi connectivity index (χ3v) is 6.04. The minimum absolute atomic E-state index is 0.162. The number of halogens is 6. The summed E-state index contributed by atoms with van der Waals surface area (Å²) in [5.41, 5.74) is 0.153. The molecule has 0 fully saturated rings. The summed E-state index contributed by atoms with van der Waals surface area (Å²) in [6, 6.07) is 11.5. The first-order valence-electron chi connectivity index (χ1n) is 7.76. The Kier molecular flexibility index (Phi) is 3.17. The van der Waals surface area contributed by atoms with Crippen LogP contribution in [0.25, 0.3) is 22.3 Å². The van der Waals surface area contributed by atoms with Crippen LogP contribution in [0.1, 0.15) is 22.3 Å². The minimum atomic E-state index is -3.23. The molecule has 26 heavy (non-hydrogen) atoms. The molecule has 0 saturated heterocycles. The molecular formula is C20H8Br2F4. The van der Waals surface area contributed by atoms with Gasteiger partial charge in [0.05, 0.1) is 0 Å². The molecule has 0 amide bonds. The number of rotatable bonds is 0. The van der Waals surface area contributed by atoms with E-state index in [2.05, 4.69) is 31.9 Å². The molecule has 2 aliphatic rings. The molecule has 130 valence electrons. The van der Waals surface area contributed by atoms with Gasteiger partial charge in [-0.2, -0.15) is 17.6 Å². The van der Waals surface area contributed by atoms with E-state index >= 15 is 0 Å². The molecule has 0 nitrogen and oxygen atoms in total. The summed E-state index contributed by atoms with van der Waals surface area (Å²) < 4.78 is 61.0. The van der Waals surface area contributed by atoms with Crippen molar-refractivity contribution < 1.29 is 17.6 Å². The first-order chi connectivity index (χ1) is 12.2. The lowest BCUT2D eigenvalue weighted by Crippen LogP contribution is -2.13. The second kappa shape index (κ2) is 4.98. The number of hydrogen-bond donors (Lipinski definition) is 0. The first-order valence-corrected chi connectivity index (χ1v) is 9.35. The molecule has 0 bridgehead atoms. The average molecular weight is 484 g/mol. The van der Waals surface area contributed by atoms with Crippen LogP contribution in [-0.2, 0) is 11.8 Å². The summed E-state index contributed by atoms with van der Waals surface area (Å²) in [6.45, 7) is 0. The van der Waals surface area contributed by atoms with Crippen LogP contribution in [0.15, 0.2) is 57.5 Å². The molecule has 0 atom stereocenters. The smallest absolute Gasteiger partial charge is 0.196 e. The first kappa shape index (κ1) is 16.5. The number of fused-ring (bicyclic) bond motifs is 6. The van der Waals surface area contributed by atoms with Crippen LogP contribution >= 0.6 is 31.9 Å². The maximum absolute atomic E-state index is 15.0. The van der Waals surface area contributed by atoms with E-state index in [0.717, 1.165) is 0 Å². The third kappa shape index (κ3) is 1.94. The Balaban J connectivity index is 1.84. The van der Waals surface area contributed by atoms with E-state index in [-0.39, 0.29) is 33.4 Å². The monoisotopic (exact) mass is 482 g/mol. The average Bonchev–Trinajstić information content (AvgIpc) is 2.93. The van der Waals surface area contributed by atoms with Crippen LogP contribution in [0, 0.1) is 0 Å². The van der Waals surface area contributed by atoms with Crippen molar-refractivity contribution in [1.29, 1.82) is 0 Å². The van der Waals surface area contributed by atoms with Gasteiger partial charge in [0, 0.05) is 31.2 Å². The lowest BCUT2D eigenvalue weighted by molar-refractivity contribution is 0.0450. The maximum Gasteiger partial charge on any atom is 0.299 e. The topological polar surface area (TPSA) is 0 Å². The quantitative estimate of drug-likeness (QED) is 0.291. The van der Waals surface area contributed by atoms with Gasteiger partial charge in [-0.15, -0.1) is 0 Å². The summed E-state index contributed by atoms with van der Waals surface area (Å²) >= 11 is 6.41. The number of alkyl halides is 4. The zero-order valence-electron chi connectivity index (χ0n) is 12.9. The van der Waals surface area contributed by atoms with Crippen LogP contribution in [-0.4, -0.2) is 0 Å². The zero-order chi connectivity index (χ0) is 18.4. The van der Waals surface area contributed by atoms with Crippen molar-refractivity contribution in [3.05, 3.63) is 79.7 Å². The summed E-state index contributed by atoms with van der Waals surface area (Å²) in [5.74, 6) is -6.45. The Morgan fingerprint density at radius 1 is 0.500 bits per heavy atom. The third-order valence-electron chi connectivity index (χ3n) is 5.05. The van der Waals surface area contributed by atoms with E-state index in [1.165, 1.54) is 24.3 Å². The Morgan fingerprint density at radius 2 is 0.846 bits per heavy atom. The fraction of sp³-hybridized carbons (Fsp3) is 0.100. The van der Waals surface area contributed by atoms with E-state index in [0.29, 0.717) is 20.1 Å². The van der Waals surface area contributed by atoms with Crippen molar-refractivity contribution in [2.45, 2.75) is 11.8 Å². The molecule has 0 saturated carbocycles. The van der Waals surface area contributed by atoms with Gasteiger partial charge in [-0.1, -0.05) is 44.0 Å². The van der Waals surface area contributed by atoms with Gasteiger partial charge in [-0.25, -0.2) is 0 Å². The molecule has 0 aliphatic heterocycles. The van der Waals surface area contributed by atoms with Gasteiger partial charge in [-0.3, -0.25) is 0 Å². The largest absolute Gasteiger partial charge is 0.299 e. The van der Waals surface area contributed by atoms with Crippen LogP contribution in [0.5, 0.6) is 0 Å². The molecule has 0 unspecified atom stereocenters. The van der Waals surface area contributed by atoms with Gasteiger partial charge in [-0.05, 0) is 58.7 Å². The predicted molar refractivity (Wildman–Crippen MR) is 98.7 cm³/mol. The van der Waals surface area contributed by atoms with E-state index in [4.69, 9.17) is 0 Å². The summed E-state index contributed by atoms with van der Waals surface area (Å²) in [5, 5.41) is 0. The highest BCUT2D eigenvalue weighted by Crippen LogP contribution is 2.58. The van der Waals surface area contributed by atoms with Gasteiger partial charge >= 0.3 is 0 Å². The predicted octanol–water partition coefficient (Wildman–Crippen LogP) is 7.45. The Morgan fingerprint density at radius 3 is 1.23 bits per heavy atom. The molecule has 3 aromatic carbocycles. The fourth-order valence-corrected chi connectivity index (χ4v) is 4.60. The van der Waals surface area contributed by atoms with Gasteiger partial charge < -0.3 is 0 Å². The van der Waals surface area contributed by atoms with Crippen molar-refractivity contribution in [1.82, 2.24) is 0 Å². The minimum Gasteiger partial charge on any atom is -0.196 e. The van der Waals surface area contributed by atoms with E-state index in [9.17, 15) is 17.6 Å². The van der Waals surface area contributed by atoms with Gasteiger partial charge in [0.2, 0.25) is 0 Å². The molecule has 0 N–H and O–H groups in total. The molecule has 3 aromatic rings. The van der Waals surface area contributed by atoms with Crippen molar-refractivity contribution in [2.75, 3.05) is 0 Å². The molecular weight excluding hydrogens is 476 g/mol. The molecule has 0 spiro atoms. The number of hydrogen-bond acceptors (Lipinski definition) is 0. The van der Waals surface area contributed by atoms with E-state index in [1.54, 1.807) is 24.3 Å². The van der Waals surface area contributed by atoms with Crippen LogP contribution < -0.4 is 0 Å². The van der Waals surface area contributed by atoms with Crippen molar-refractivity contribution in [2.24, 2.45) is 0 Å². The SMILES string of the molecule is FC1(F)c2cc(Br)ccc2-c2cc3c(cc21)-c1ccc(Br)cc1C3(F)F. The van der Waals surface area contributed by atoms with Crippen molar-refractivity contribution >= 4 is 31.9 Å². The van der Waals surface area contributed by atoms with Crippen molar-refractivity contribution in [3.8, 4) is 22.3 Å². The van der Waals surface area contributed by atoms with E-state index < -0.39 is 11.8 Å². The number of benzene rings is 3. The van der Waals surface area contributed by atoms with Crippen LogP contribution in [0.3, 0.4) is 0 Å². The second-order valence-corrected chi connectivity index (χ2v) is 8.30. The van der Waals surface area contributed by atoms with Gasteiger partial charge in [0.25, 0.3) is 11.8 Å². The fourth-order valence-electron chi connectivity index (χ4n) is 3.88. The molecule has 5 rings (SSSR count). The lowest BCUT2D eigenvalue weighted by atomic mass is 9.97. The molecule has 0 aromatic heterocycles. The Labute approximate surface area is 163 Å². The lowest BCUT2D eigenvalue weighted by Gasteiger charge is -2.15. The molecule has 0 radical (unpaired) electrons. The second-order valence-electron chi connectivity index (χ2n) is 6.47. The Hall–Kier alpha value is -1.66. The highest BCUT2D eigenvalue weighted by Gasteiger charge is 2.50. The molecule has 2 aliphatic carbocycles. The summed E-state index contributed by atoms with van der Waals surface area (Å²) in [6.07, 6.45) is 0. The highest BCUT2D eigenvalue weighted by atomic mass is 79.9. The van der Waals surface area contributed by atoms with Crippen LogP contribution in [0.4, 0.5) is 17.6 Å².